The number of phenols is 1. The number of para-hydroxylation sites is 2. The third-order valence-corrected chi connectivity index (χ3v) is 15.5. The number of quaternary nitrogens is 1. The number of phenolic OH excluding ortho intramolecular Hbond substituents is 1. The number of halogens is 9. The van der Waals surface area contributed by atoms with Crippen LogP contribution in [0.2, 0.25) is 5.02 Å². The molecule has 1 aliphatic carbocycles. The van der Waals surface area contributed by atoms with Gasteiger partial charge in [0.15, 0.2) is 11.5 Å². The van der Waals surface area contributed by atoms with Crippen LogP contribution in [0.5, 0.6) is 28.7 Å². The van der Waals surface area contributed by atoms with Crippen molar-refractivity contribution in [3.8, 4) is 34.7 Å². The summed E-state index contributed by atoms with van der Waals surface area (Å²) < 4.78 is 95.6. The number of likely N-dealkylation sites (N-methyl/N-ethyl adjacent to an activating group) is 1. The Bertz CT molecular complexity index is 3160. The number of aromatic hydroxyl groups is 1. The first-order valence-electron chi connectivity index (χ1n) is 26.9. The lowest BCUT2D eigenvalue weighted by molar-refractivity contribution is -0.812. The van der Waals surface area contributed by atoms with Crippen molar-refractivity contribution in [2.45, 2.75) is 86.5 Å². The van der Waals surface area contributed by atoms with Crippen molar-refractivity contribution in [2.75, 3.05) is 69.0 Å². The summed E-state index contributed by atoms with van der Waals surface area (Å²) in [4.78, 5) is 32.2. The number of epoxide rings is 1. The summed E-state index contributed by atoms with van der Waals surface area (Å²) in [6.45, 7) is 16.7. The number of nitrogens with zero attached hydrogens (tertiary/aromatic N) is 1. The Morgan fingerprint density at radius 2 is 1.54 bits per heavy atom. The fourth-order valence-electron chi connectivity index (χ4n) is 8.65. The lowest BCUT2D eigenvalue weighted by atomic mass is 9.75. The number of hydrogen-bond donors (Lipinski definition) is 4. The van der Waals surface area contributed by atoms with Crippen LogP contribution in [0.3, 0.4) is 0 Å². The molecule has 0 spiro atoms. The van der Waals surface area contributed by atoms with E-state index < -0.39 is 49.2 Å². The van der Waals surface area contributed by atoms with E-state index in [2.05, 4.69) is 140 Å². The zero-order valence-corrected chi connectivity index (χ0v) is 53.6. The monoisotopic (exact) mass is 1330 g/mol. The van der Waals surface area contributed by atoms with Crippen molar-refractivity contribution in [3.63, 3.8) is 0 Å². The molecule has 9 rings (SSSR count). The number of alkyl halides is 8. The van der Waals surface area contributed by atoms with Crippen LogP contribution in [0.25, 0.3) is 0 Å². The highest BCUT2D eigenvalue weighted by atomic mass is 35.5. The first kappa shape index (κ1) is 73.3. The van der Waals surface area contributed by atoms with Gasteiger partial charge in [0.1, 0.15) is 40.5 Å². The van der Waals surface area contributed by atoms with E-state index in [1.54, 1.807) is 24.3 Å². The molecule has 3 heterocycles. The number of rotatable bonds is 18. The van der Waals surface area contributed by atoms with E-state index in [-0.39, 0.29) is 38.9 Å². The topological polar surface area (TPSA) is 145 Å². The zero-order valence-electron chi connectivity index (χ0n) is 48.7. The number of benzene rings is 5. The molecule has 13 nitrogen and oxygen atoms in total. The molecule has 0 aromatic heterocycles. The minimum atomic E-state index is -2.69. The molecule has 87 heavy (non-hydrogen) atoms. The minimum absolute atomic E-state index is 0.0162. The molecule has 5 atom stereocenters. The predicted octanol–water partition coefficient (Wildman–Crippen LogP) is 15.5. The van der Waals surface area contributed by atoms with Crippen LogP contribution in [0.1, 0.15) is 57.8 Å². The number of carbonyl (C=O) groups excluding carboxylic acids is 2. The van der Waals surface area contributed by atoms with E-state index in [0.717, 1.165) is 44.7 Å². The highest BCUT2D eigenvalue weighted by molar-refractivity contribution is 8.03. The average Bonchev–Trinajstić information content (AvgIpc) is 4.31. The smallest absolute Gasteiger partial charge is 0.316 e. The van der Waals surface area contributed by atoms with Crippen molar-refractivity contribution >= 4 is 102 Å². The maximum absolute atomic E-state index is 13.3. The number of nitrogens with one attached hydrogen (secondary N) is 3. The molecule has 0 radical (unpaired) electrons. The molecule has 5 aromatic rings. The number of ether oxygens (including phenoxy) is 6. The minimum Gasteiger partial charge on any atom is -0.506 e. The summed E-state index contributed by atoms with van der Waals surface area (Å²) in [5, 5.41) is 17.2. The standard InChI is InChI=1S/C27H30N2S2.C26H24Cl2F2N2O7.C5H8O2Si.C2H4.CHClF2.CH2F2/c1-5-29-22-11-7-9-13-24(22)31-26(29)16-20-14-19(17-27(2,3)18-20)15-25-28(4)21-10-6-8-12-23(21)30-25;1-3-36-15-4-6-16(7-5-15)38-14(2)24(34)31-20-12-22(33)21(11-19(20)27)32-25(35)18-9-8-17(37-13-29)10-23(18)39-26(28)30;1-8-4-6-2-5-3-7-5;1-2;2-1(3)4;2-1-3/h6-16,25H,5,17-18H2,1-4H3;4-12,14,26,33H,3,13H2,1-2H3,(H,31,34)(H,32,35);1,5H,2-4H2;1-2H2;1H;1H2/p+1/b19-15-,26-16+;;;;;. The van der Waals surface area contributed by atoms with Gasteiger partial charge in [-0.15, -0.1) is 13.2 Å². The summed E-state index contributed by atoms with van der Waals surface area (Å²) in [6.07, 6.45) is 9.83. The number of carbonyl (C=O) groups is 2. The van der Waals surface area contributed by atoms with Crippen molar-refractivity contribution < 1.29 is 74.4 Å². The van der Waals surface area contributed by atoms with Crippen LogP contribution < -0.4 is 39.4 Å². The van der Waals surface area contributed by atoms with Gasteiger partial charge in [-0.25, -0.2) is 13.2 Å². The van der Waals surface area contributed by atoms with E-state index in [1.165, 1.54) is 67.4 Å². The molecule has 470 valence electrons. The number of allylic oxidation sites excluding steroid dienone is 4. The van der Waals surface area contributed by atoms with E-state index >= 15 is 0 Å². The third-order valence-electron chi connectivity index (χ3n) is 12.3. The molecule has 0 saturated carbocycles. The van der Waals surface area contributed by atoms with Gasteiger partial charge in [-0.2, -0.15) is 19.2 Å². The molecule has 5 aromatic carbocycles. The van der Waals surface area contributed by atoms with E-state index in [9.17, 15) is 41.0 Å². The van der Waals surface area contributed by atoms with E-state index in [1.807, 2.05) is 30.4 Å². The fraction of sp³-hybridized carbons (Fsp3) is 0.339. The van der Waals surface area contributed by atoms with Gasteiger partial charge in [-0.05, 0) is 135 Å². The molecular weight excluding hydrogens is 1260 g/mol. The molecular formula is C62H70Cl3F6N4O9S2Si+. The molecule has 0 bridgehead atoms. The number of hydrogen-bond acceptors (Lipinski definition) is 12. The Kier molecular flexibility index (Phi) is 31.7. The number of thioether (sulfide) groups is 2. The third kappa shape index (κ3) is 24.4. The fourth-order valence-corrected chi connectivity index (χ4v) is 11.7. The van der Waals surface area contributed by atoms with Crippen molar-refractivity contribution in [3.05, 3.63) is 161 Å². The van der Waals surface area contributed by atoms with Crippen LogP contribution >= 0.6 is 58.3 Å². The van der Waals surface area contributed by atoms with Crippen LogP contribution in [0.4, 0.5) is 49.1 Å². The van der Waals surface area contributed by atoms with Crippen LogP contribution in [0, 0.1) is 11.4 Å². The van der Waals surface area contributed by atoms with E-state index in [4.69, 9.17) is 52.9 Å². The summed E-state index contributed by atoms with van der Waals surface area (Å²) >= 11 is 19.3. The lowest BCUT2D eigenvalue weighted by Gasteiger charge is -2.31. The van der Waals surface area contributed by atoms with Gasteiger partial charge in [-0.1, -0.05) is 90.9 Å². The quantitative estimate of drug-likeness (QED) is 0.0126. The summed E-state index contributed by atoms with van der Waals surface area (Å²) in [5.41, 5.74) is 5.72. The molecule has 5 unspecified atom stereocenters. The van der Waals surface area contributed by atoms with Gasteiger partial charge >= 0.3 is 11.7 Å². The first-order chi connectivity index (χ1) is 41.6. The molecule has 4 aliphatic rings. The Balaban J connectivity index is 0.000000297. The molecule has 1 fully saturated rings. The first-order valence-corrected chi connectivity index (χ1v) is 31.1. The zero-order chi connectivity index (χ0) is 64.2. The number of anilines is 3. The summed E-state index contributed by atoms with van der Waals surface area (Å²) in [7, 11) is 2.71. The average molecular weight is 1330 g/mol. The van der Waals surface area contributed by atoms with Gasteiger partial charge in [0.2, 0.25) is 13.8 Å². The van der Waals surface area contributed by atoms with Gasteiger partial charge in [0, 0.05) is 38.6 Å². The molecule has 25 heteroatoms. The van der Waals surface area contributed by atoms with Gasteiger partial charge in [0.25, 0.3) is 11.8 Å². The Labute approximate surface area is 530 Å². The maximum atomic E-state index is 13.3. The Morgan fingerprint density at radius 3 is 2.15 bits per heavy atom. The van der Waals surface area contributed by atoms with Crippen LogP contribution in [-0.4, -0.2) is 109 Å². The predicted molar refractivity (Wildman–Crippen MR) is 338 cm³/mol. The molecule has 3 aliphatic heterocycles. The van der Waals surface area contributed by atoms with Crippen molar-refractivity contribution in [1.29, 1.82) is 0 Å². The maximum Gasteiger partial charge on any atom is 0.316 e. The SMILES string of the molecule is C#[Si]COCC1CO1.C=C.CCN1/C(=C\C2=CC(=C/C3Sc4ccccc4[NH+]3C)/CC(C)(C)C2)Sc2ccccc21.CCOc1ccc(OC(C)C(=O)Nc2cc(O)c(NC(=O)c3ccc(OCF)cc3OC(F)Cl)cc2Cl)cc1.FC(F)Cl.FCF. The Morgan fingerprint density at radius 1 is 0.908 bits per heavy atom. The van der Waals surface area contributed by atoms with Crippen LogP contribution in [-0.2, 0) is 14.3 Å². The largest absolute Gasteiger partial charge is 0.506 e. The van der Waals surface area contributed by atoms with Crippen LogP contribution in [0.15, 0.2) is 160 Å². The van der Waals surface area contributed by atoms with Crippen molar-refractivity contribution in [2.24, 2.45) is 5.41 Å². The highest BCUT2D eigenvalue weighted by Gasteiger charge is 2.34. The normalized spacial score (nSPS) is 17.9. The van der Waals surface area contributed by atoms with Gasteiger partial charge < -0.3 is 49.1 Å². The second-order valence-electron chi connectivity index (χ2n) is 19.3. The van der Waals surface area contributed by atoms with Crippen molar-refractivity contribution in [1.82, 2.24) is 0 Å². The second-order valence-corrected chi connectivity index (χ2v) is 23.3. The molecule has 2 amide bonds. The van der Waals surface area contributed by atoms with E-state index in [0.29, 0.717) is 44.8 Å². The lowest BCUT2D eigenvalue weighted by Crippen LogP contribution is -3.05. The second kappa shape index (κ2) is 37.6. The summed E-state index contributed by atoms with van der Waals surface area (Å²) in [6, 6.07) is 35.4. The molecule has 1 saturated heterocycles. The van der Waals surface area contributed by atoms with Gasteiger partial charge in [-0.3, -0.25) is 14.5 Å². The van der Waals surface area contributed by atoms with Gasteiger partial charge in [0.05, 0.1) is 70.7 Å². The number of amides is 2. The molecule has 4 N–H and O–H groups in total. The summed E-state index contributed by atoms with van der Waals surface area (Å²) in [5.74, 6) is -6.10. The highest BCUT2D eigenvalue weighted by Crippen LogP contribution is 2.48. The Hall–Kier alpha value is -6.17. The number of fused-ring (bicyclic) bond motifs is 2.